The molecule has 1 saturated heterocycles. The number of nitrogens with zero attached hydrogens (tertiary/aromatic N) is 2. The van der Waals surface area contributed by atoms with Crippen LogP contribution in [0.2, 0.25) is 0 Å². The van der Waals surface area contributed by atoms with E-state index in [-0.39, 0.29) is 5.82 Å². The van der Waals surface area contributed by atoms with Crippen LogP contribution < -0.4 is 10.1 Å². The monoisotopic (exact) mass is 363 g/mol. The minimum Gasteiger partial charge on any atom is -0.492 e. The summed E-state index contributed by atoms with van der Waals surface area (Å²) in [5, 5.41) is 7.54. The van der Waals surface area contributed by atoms with Gasteiger partial charge in [0, 0.05) is 47.7 Å². The summed E-state index contributed by atoms with van der Waals surface area (Å²) in [6, 6.07) is 7.95. The van der Waals surface area contributed by atoms with Crippen molar-refractivity contribution in [2.45, 2.75) is 25.8 Å². The summed E-state index contributed by atoms with van der Waals surface area (Å²) in [7, 11) is 1.93. The Morgan fingerprint density at radius 3 is 2.89 bits per heavy atom. The molecule has 4 nitrogen and oxygen atoms in total. The zero-order valence-electron chi connectivity index (χ0n) is 15.6. The molecule has 0 bridgehead atoms. The van der Waals surface area contributed by atoms with Crippen LogP contribution >= 0.6 is 0 Å². The van der Waals surface area contributed by atoms with Crippen LogP contribution in [0.4, 0.5) is 4.39 Å². The van der Waals surface area contributed by atoms with Crippen LogP contribution in [0.5, 0.6) is 5.75 Å². The molecular formula is C22H22FN3O. The summed E-state index contributed by atoms with van der Waals surface area (Å²) in [5.41, 5.74) is 2.81. The highest BCUT2D eigenvalue weighted by molar-refractivity contribution is 6.14. The van der Waals surface area contributed by atoms with Gasteiger partial charge < -0.3 is 14.6 Å². The number of rotatable bonds is 3. The summed E-state index contributed by atoms with van der Waals surface area (Å²) in [5.74, 6) is 0.340. The summed E-state index contributed by atoms with van der Waals surface area (Å²) >= 11 is 0. The fraction of sp³-hybridized carbons (Fsp3) is 0.318. The number of fused-ring (bicyclic) bond motifs is 4. The molecule has 27 heavy (non-hydrogen) atoms. The molecule has 2 aromatic heterocycles. The van der Waals surface area contributed by atoms with E-state index in [9.17, 15) is 4.39 Å². The summed E-state index contributed by atoms with van der Waals surface area (Å²) < 4.78 is 22.9. The fourth-order valence-corrected chi connectivity index (χ4v) is 4.47. The van der Waals surface area contributed by atoms with Gasteiger partial charge in [0.15, 0.2) is 5.82 Å². The van der Waals surface area contributed by atoms with Crippen LogP contribution in [0.3, 0.4) is 0 Å². The van der Waals surface area contributed by atoms with Gasteiger partial charge in [-0.25, -0.2) is 4.39 Å². The first-order valence-corrected chi connectivity index (χ1v) is 9.44. The maximum Gasteiger partial charge on any atom is 0.151 e. The second kappa shape index (κ2) is 6.20. The Balaban J connectivity index is 1.70. The second-order valence-electron chi connectivity index (χ2n) is 7.46. The minimum atomic E-state index is -0.248. The number of pyridine rings is 1. The quantitative estimate of drug-likeness (QED) is 0.584. The zero-order chi connectivity index (χ0) is 18.5. The van der Waals surface area contributed by atoms with Crippen LogP contribution in [-0.2, 0) is 7.05 Å². The van der Waals surface area contributed by atoms with E-state index >= 15 is 0 Å². The molecule has 5 heteroatoms. The van der Waals surface area contributed by atoms with E-state index in [1.165, 1.54) is 12.5 Å². The van der Waals surface area contributed by atoms with Gasteiger partial charge in [-0.15, -0.1) is 0 Å². The van der Waals surface area contributed by atoms with Gasteiger partial charge >= 0.3 is 0 Å². The Morgan fingerprint density at radius 2 is 2.07 bits per heavy atom. The Labute approximate surface area is 156 Å². The highest BCUT2D eigenvalue weighted by atomic mass is 19.1. The topological polar surface area (TPSA) is 39.1 Å². The predicted octanol–water partition coefficient (Wildman–Crippen LogP) is 4.46. The Bertz CT molecular complexity index is 1180. The van der Waals surface area contributed by atoms with E-state index in [2.05, 4.69) is 23.3 Å². The molecule has 0 spiro atoms. The lowest BCUT2D eigenvalue weighted by Crippen LogP contribution is -2.28. The number of nitrogens with one attached hydrogen (secondary N) is 1. The van der Waals surface area contributed by atoms with Crippen molar-refractivity contribution in [3.63, 3.8) is 0 Å². The van der Waals surface area contributed by atoms with Gasteiger partial charge in [0.2, 0.25) is 0 Å². The smallest absolute Gasteiger partial charge is 0.151 e. The van der Waals surface area contributed by atoms with Crippen LogP contribution in [0.15, 0.2) is 36.7 Å². The average Bonchev–Trinajstić information content (AvgIpc) is 3.28. The lowest BCUT2D eigenvalue weighted by Gasteiger charge is -2.12. The summed E-state index contributed by atoms with van der Waals surface area (Å²) in [4.78, 5) is 4.24. The number of hydrogen-bond acceptors (Lipinski definition) is 3. The van der Waals surface area contributed by atoms with Crippen LogP contribution in [0.1, 0.15) is 18.4 Å². The van der Waals surface area contributed by atoms with Crippen LogP contribution in [0, 0.1) is 12.7 Å². The van der Waals surface area contributed by atoms with Crippen LogP contribution in [0.25, 0.3) is 32.6 Å². The summed E-state index contributed by atoms with van der Waals surface area (Å²) in [6.45, 7) is 3.69. The number of ether oxygens (including phenoxy) is 1. The highest BCUT2D eigenvalue weighted by Crippen LogP contribution is 2.37. The lowest BCUT2D eigenvalue weighted by molar-refractivity contribution is 0.276. The molecule has 1 fully saturated rings. The van der Waals surface area contributed by atoms with Gasteiger partial charge in [0.25, 0.3) is 0 Å². The SMILES string of the molecule is Cc1c2ccncc2cc2c3cc(OC[C@H]4CCCN4)cc(F)c3n(C)c12. The zero-order valence-corrected chi connectivity index (χ0v) is 15.6. The first kappa shape index (κ1) is 16.5. The first-order chi connectivity index (χ1) is 13.1. The van der Waals surface area contributed by atoms with E-state index in [4.69, 9.17) is 4.74 Å². The molecule has 1 aliphatic rings. The average molecular weight is 363 g/mol. The molecule has 1 aliphatic heterocycles. The van der Waals surface area contributed by atoms with Gasteiger partial charge in [-0.05, 0) is 55.5 Å². The van der Waals surface area contributed by atoms with Crippen LogP contribution in [-0.4, -0.2) is 28.7 Å². The molecule has 138 valence electrons. The second-order valence-corrected chi connectivity index (χ2v) is 7.46. The molecule has 0 unspecified atom stereocenters. The molecule has 0 amide bonds. The maximum atomic E-state index is 15.0. The number of aromatic nitrogens is 2. The van der Waals surface area contributed by atoms with Crippen molar-refractivity contribution in [3.8, 4) is 5.75 Å². The molecule has 2 aromatic carbocycles. The van der Waals surface area contributed by atoms with Crippen molar-refractivity contribution in [2.24, 2.45) is 7.05 Å². The van der Waals surface area contributed by atoms with E-state index in [0.29, 0.717) is 23.9 Å². The normalized spacial score (nSPS) is 17.4. The minimum absolute atomic E-state index is 0.248. The van der Waals surface area contributed by atoms with Crippen molar-refractivity contribution in [3.05, 3.63) is 48.0 Å². The van der Waals surface area contributed by atoms with Crippen molar-refractivity contribution in [1.29, 1.82) is 0 Å². The van der Waals surface area contributed by atoms with Gasteiger partial charge in [0.05, 0.1) is 11.0 Å². The van der Waals surface area contributed by atoms with E-state index in [0.717, 1.165) is 45.6 Å². The third kappa shape index (κ3) is 2.57. The molecule has 0 saturated carbocycles. The molecule has 0 aliphatic carbocycles. The van der Waals surface area contributed by atoms with Gasteiger partial charge in [-0.2, -0.15) is 0 Å². The largest absolute Gasteiger partial charge is 0.492 e. The Morgan fingerprint density at radius 1 is 1.22 bits per heavy atom. The Hall–Kier alpha value is -2.66. The predicted molar refractivity (Wildman–Crippen MR) is 107 cm³/mol. The standard InChI is InChI=1S/C22H22FN3O/c1-13-17-5-7-24-11-14(17)8-18-19-9-16(27-12-15-4-3-6-25-15)10-20(23)22(19)26(2)21(13)18/h5,7-11,15,25H,3-4,6,12H2,1-2H3/t15-/m1/s1. The van der Waals surface area contributed by atoms with Gasteiger partial charge in [-0.1, -0.05) is 0 Å². The van der Waals surface area contributed by atoms with Gasteiger partial charge in [0.1, 0.15) is 12.4 Å². The third-order valence-corrected chi connectivity index (χ3v) is 5.78. The molecule has 4 aromatic rings. The number of hydrogen-bond donors (Lipinski definition) is 1. The molecule has 3 heterocycles. The third-order valence-electron chi connectivity index (χ3n) is 5.78. The van der Waals surface area contributed by atoms with Crippen molar-refractivity contribution >= 4 is 32.6 Å². The maximum absolute atomic E-state index is 15.0. The Kier molecular flexibility index (Phi) is 3.79. The van der Waals surface area contributed by atoms with E-state index < -0.39 is 0 Å². The first-order valence-electron chi connectivity index (χ1n) is 9.44. The van der Waals surface area contributed by atoms with Crippen molar-refractivity contribution < 1.29 is 9.13 Å². The molecular weight excluding hydrogens is 341 g/mol. The molecule has 1 atom stereocenters. The van der Waals surface area contributed by atoms with Gasteiger partial charge in [-0.3, -0.25) is 4.98 Å². The molecule has 0 radical (unpaired) electrons. The number of aryl methyl sites for hydroxylation is 2. The van der Waals surface area contributed by atoms with E-state index in [1.807, 2.05) is 29.9 Å². The number of halogens is 1. The highest BCUT2D eigenvalue weighted by Gasteiger charge is 2.19. The number of benzene rings is 2. The molecule has 5 rings (SSSR count). The van der Waals surface area contributed by atoms with E-state index in [1.54, 1.807) is 6.20 Å². The molecule has 1 N–H and O–H groups in total. The fourth-order valence-electron chi connectivity index (χ4n) is 4.47. The summed E-state index contributed by atoms with van der Waals surface area (Å²) in [6.07, 6.45) is 5.94. The lowest BCUT2D eigenvalue weighted by atomic mass is 10.0. The van der Waals surface area contributed by atoms with Crippen molar-refractivity contribution in [1.82, 2.24) is 14.9 Å². The van der Waals surface area contributed by atoms with Crippen molar-refractivity contribution in [2.75, 3.05) is 13.2 Å².